The molecule has 0 saturated heterocycles. The normalized spacial score (nSPS) is 36.0. The van der Waals surface area contributed by atoms with Crippen molar-refractivity contribution in [2.24, 2.45) is 11.3 Å². The highest BCUT2D eigenvalue weighted by Crippen LogP contribution is 2.47. The van der Waals surface area contributed by atoms with E-state index < -0.39 is 0 Å². The minimum absolute atomic E-state index is 0.157. The van der Waals surface area contributed by atoms with Crippen molar-refractivity contribution in [2.45, 2.75) is 46.0 Å². The zero-order valence-electron chi connectivity index (χ0n) is 9.75. The molecule has 2 aliphatic carbocycles. The number of carbonyl (C=O) groups excluding carboxylic acids is 1. The van der Waals surface area contributed by atoms with Crippen molar-refractivity contribution in [3.63, 3.8) is 0 Å². The fourth-order valence-corrected chi connectivity index (χ4v) is 3.08. The summed E-state index contributed by atoms with van der Waals surface area (Å²) in [6, 6.07) is 0. The van der Waals surface area contributed by atoms with Crippen LogP contribution in [0.15, 0.2) is 23.3 Å². The van der Waals surface area contributed by atoms with Crippen LogP contribution in [0.5, 0.6) is 0 Å². The van der Waals surface area contributed by atoms with Crippen LogP contribution in [0.25, 0.3) is 0 Å². The minimum atomic E-state index is -0.157. The fraction of sp³-hybridized carbons (Fsp3) is 0.643. The summed E-state index contributed by atoms with van der Waals surface area (Å²) in [6.45, 7) is 4.37. The zero-order chi connectivity index (χ0) is 10.9. The Hall–Kier alpha value is -0.850. The van der Waals surface area contributed by atoms with E-state index in [0.717, 1.165) is 19.3 Å². The van der Waals surface area contributed by atoms with Crippen LogP contribution < -0.4 is 0 Å². The lowest BCUT2D eigenvalue weighted by molar-refractivity contribution is -0.116. The molecule has 15 heavy (non-hydrogen) atoms. The molecule has 0 aromatic rings. The van der Waals surface area contributed by atoms with Crippen LogP contribution in [-0.4, -0.2) is 6.29 Å². The summed E-state index contributed by atoms with van der Waals surface area (Å²) >= 11 is 0. The molecule has 0 bridgehead atoms. The molecule has 0 radical (unpaired) electrons. The van der Waals surface area contributed by atoms with Gasteiger partial charge in [-0.2, -0.15) is 0 Å². The van der Waals surface area contributed by atoms with Gasteiger partial charge >= 0.3 is 0 Å². The molecule has 0 aromatic carbocycles. The molecular weight excluding hydrogens is 184 g/mol. The Bertz CT molecular complexity index is 324. The molecule has 2 atom stereocenters. The van der Waals surface area contributed by atoms with Gasteiger partial charge in [-0.05, 0) is 44.9 Å². The summed E-state index contributed by atoms with van der Waals surface area (Å²) in [4.78, 5) is 11.5. The van der Waals surface area contributed by atoms with E-state index in [-0.39, 0.29) is 5.41 Å². The first-order chi connectivity index (χ1) is 7.19. The van der Waals surface area contributed by atoms with Gasteiger partial charge in [0.1, 0.15) is 6.29 Å². The van der Waals surface area contributed by atoms with E-state index in [1.54, 1.807) is 0 Å². The molecule has 2 unspecified atom stereocenters. The Morgan fingerprint density at radius 3 is 2.80 bits per heavy atom. The summed E-state index contributed by atoms with van der Waals surface area (Å²) in [6.07, 6.45) is 11.5. The summed E-state index contributed by atoms with van der Waals surface area (Å²) in [7, 11) is 0. The Morgan fingerprint density at radius 2 is 2.27 bits per heavy atom. The van der Waals surface area contributed by atoms with Gasteiger partial charge in [-0.3, -0.25) is 0 Å². The minimum Gasteiger partial charge on any atom is -0.302 e. The molecule has 0 aromatic heterocycles. The molecular formula is C14H20O. The lowest BCUT2D eigenvalue weighted by Crippen LogP contribution is -2.34. The van der Waals surface area contributed by atoms with Crippen molar-refractivity contribution >= 4 is 6.29 Å². The van der Waals surface area contributed by atoms with E-state index in [9.17, 15) is 4.79 Å². The summed E-state index contributed by atoms with van der Waals surface area (Å²) < 4.78 is 0. The number of hydrogen-bond donors (Lipinski definition) is 0. The van der Waals surface area contributed by atoms with Crippen LogP contribution >= 0.6 is 0 Å². The topological polar surface area (TPSA) is 17.1 Å². The van der Waals surface area contributed by atoms with Crippen molar-refractivity contribution in [1.82, 2.24) is 0 Å². The predicted octanol–water partition coefficient (Wildman–Crippen LogP) is 3.66. The summed E-state index contributed by atoms with van der Waals surface area (Å²) in [5, 5.41) is 0. The first-order valence-electron chi connectivity index (χ1n) is 6.02. The molecule has 2 rings (SSSR count). The van der Waals surface area contributed by atoms with Gasteiger partial charge in [0.25, 0.3) is 0 Å². The van der Waals surface area contributed by atoms with Crippen LogP contribution in [0.3, 0.4) is 0 Å². The van der Waals surface area contributed by atoms with Gasteiger partial charge in [-0.25, -0.2) is 0 Å². The third-order valence-corrected chi connectivity index (χ3v) is 4.13. The highest BCUT2D eigenvalue weighted by Gasteiger charge is 2.40. The smallest absolute Gasteiger partial charge is 0.130 e. The molecule has 0 spiro atoms. The Labute approximate surface area is 92.3 Å². The van der Waals surface area contributed by atoms with E-state index in [0.29, 0.717) is 5.92 Å². The largest absolute Gasteiger partial charge is 0.302 e. The molecule has 0 saturated carbocycles. The van der Waals surface area contributed by atoms with E-state index in [4.69, 9.17) is 0 Å². The first kappa shape index (κ1) is 10.7. The van der Waals surface area contributed by atoms with Crippen molar-refractivity contribution in [3.05, 3.63) is 23.3 Å². The zero-order valence-corrected chi connectivity index (χ0v) is 9.75. The summed E-state index contributed by atoms with van der Waals surface area (Å²) in [5.41, 5.74) is 2.70. The van der Waals surface area contributed by atoms with Crippen molar-refractivity contribution in [2.75, 3.05) is 0 Å². The third-order valence-electron chi connectivity index (χ3n) is 4.13. The van der Waals surface area contributed by atoms with Crippen LogP contribution in [0.1, 0.15) is 46.0 Å². The number of carbonyl (C=O) groups is 1. The van der Waals surface area contributed by atoms with E-state index in [2.05, 4.69) is 26.0 Å². The maximum atomic E-state index is 11.5. The highest BCUT2D eigenvalue weighted by atomic mass is 16.1. The maximum absolute atomic E-state index is 11.5. The second-order valence-electron chi connectivity index (χ2n) is 5.08. The summed E-state index contributed by atoms with van der Waals surface area (Å²) in [5.74, 6) is 0.382. The molecule has 0 fully saturated rings. The molecule has 0 amide bonds. The molecule has 1 nitrogen and oxygen atoms in total. The lowest BCUT2D eigenvalue weighted by Gasteiger charge is -2.38. The van der Waals surface area contributed by atoms with Crippen LogP contribution in [0, 0.1) is 11.3 Å². The quantitative estimate of drug-likeness (QED) is 0.495. The van der Waals surface area contributed by atoms with Crippen LogP contribution in [-0.2, 0) is 4.79 Å². The third kappa shape index (κ3) is 1.68. The van der Waals surface area contributed by atoms with Crippen LogP contribution in [0.2, 0.25) is 0 Å². The lowest BCUT2D eigenvalue weighted by atomic mass is 9.65. The average Bonchev–Trinajstić information content (AvgIpc) is 2.72. The molecule has 82 valence electrons. The van der Waals surface area contributed by atoms with Gasteiger partial charge in [-0.1, -0.05) is 30.2 Å². The maximum Gasteiger partial charge on any atom is 0.130 e. The van der Waals surface area contributed by atoms with E-state index in [1.165, 1.54) is 30.3 Å². The Morgan fingerprint density at radius 1 is 1.47 bits per heavy atom. The van der Waals surface area contributed by atoms with Gasteiger partial charge in [0, 0.05) is 0 Å². The first-order valence-corrected chi connectivity index (χ1v) is 6.02. The number of aldehydes is 1. The van der Waals surface area contributed by atoms with Gasteiger partial charge in [-0.15, -0.1) is 0 Å². The molecule has 0 heterocycles. The van der Waals surface area contributed by atoms with E-state index >= 15 is 0 Å². The molecule has 1 heteroatoms. The van der Waals surface area contributed by atoms with Crippen molar-refractivity contribution in [3.8, 4) is 0 Å². The monoisotopic (exact) mass is 204 g/mol. The van der Waals surface area contributed by atoms with Gasteiger partial charge < -0.3 is 4.79 Å². The standard InChI is InChI=1S/C14H20O/c1-11-7-8-14(10-15,12(2)9-11)13-5-3-4-6-13/h5,9-10,12H,3-4,6-8H2,1-2H3. The molecule has 0 aliphatic heterocycles. The average molecular weight is 204 g/mol. The Balaban J connectivity index is 2.33. The Kier molecular flexibility index (Phi) is 2.81. The van der Waals surface area contributed by atoms with E-state index in [1.807, 2.05) is 0 Å². The SMILES string of the molecule is CC1=CC(C)C(C=O)(C2=CCCC2)CC1. The highest BCUT2D eigenvalue weighted by molar-refractivity contribution is 5.67. The number of hydrogen-bond acceptors (Lipinski definition) is 1. The predicted molar refractivity (Wildman–Crippen MR) is 62.6 cm³/mol. The second-order valence-corrected chi connectivity index (χ2v) is 5.08. The number of rotatable bonds is 2. The second kappa shape index (κ2) is 3.96. The molecule has 0 N–H and O–H groups in total. The van der Waals surface area contributed by atoms with Crippen molar-refractivity contribution in [1.29, 1.82) is 0 Å². The number of allylic oxidation sites excluding steroid dienone is 4. The van der Waals surface area contributed by atoms with Gasteiger partial charge in [0.2, 0.25) is 0 Å². The fourth-order valence-electron chi connectivity index (χ4n) is 3.08. The molecule has 2 aliphatic rings. The van der Waals surface area contributed by atoms with Gasteiger partial charge in [0.15, 0.2) is 0 Å². The van der Waals surface area contributed by atoms with Gasteiger partial charge in [0.05, 0.1) is 5.41 Å². The van der Waals surface area contributed by atoms with Crippen molar-refractivity contribution < 1.29 is 4.79 Å². The van der Waals surface area contributed by atoms with Crippen LogP contribution in [0.4, 0.5) is 0 Å².